The van der Waals surface area contributed by atoms with E-state index in [0.717, 1.165) is 5.56 Å². The number of ether oxygens (including phenoxy) is 1. The van der Waals surface area contributed by atoms with Crippen LogP contribution in [0.1, 0.15) is 18.5 Å². The lowest BCUT2D eigenvalue weighted by Gasteiger charge is -2.11. The van der Waals surface area contributed by atoms with E-state index in [1.54, 1.807) is 19.6 Å². The molecule has 1 aromatic rings. The Bertz CT molecular complexity index is 211. The third-order valence-corrected chi connectivity index (χ3v) is 1.69. The SMILES string of the molecule is COCCONC(C)c1ccoc1. The Labute approximate surface area is 77.8 Å². The summed E-state index contributed by atoms with van der Waals surface area (Å²) >= 11 is 0. The van der Waals surface area contributed by atoms with Crippen molar-refractivity contribution in [3.63, 3.8) is 0 Å². The van der Waals surface area contributed by atoms with Gasteiger partial charge in [0.2, 0.25) is 0 Å². The predicted molar refractivity (Wildman–Crippen MR) is 48.1 cm³/mol. The Morgan fingerprint density at radius 1 is 1.54 bits per heavy atom. The van der Waals surface area contributed by atoms with Crippen molar-refractivity contribution in [2.45, 2.75) is 13.0 Å². The quantitative estimate of drug-likeness (QED) is 0.539. The molecule has 0 spiro atoms. The Hall–Kier alpha value is -0.840. The number of furan rings is 1. The van der Waals surface area contributed by atoms with Gasteiger partial charge in [0.25, 0.3) is 0 Å². The standard InChI is InChI=1S/C9H15NO3/c1-8(9-3-4-12-7-9)10-13-6-5-11-2/h3-4,7-8,10H,5-6H2,1-2H3. The first-order valence-electron chi connectivity index (χ1n) is 4.23. The minimum Gasteiger partial charge on any atom is -0.472 e. The lowest BCUT2D eigenvalue weighted by Crippen LogP contribution is -2.20. The molecule has 74 valence electrons. The second kappa shape index (κ2) is 5.75. The van der Waals surface area contributed by atoms with Gasteiger partial charge in [-0.15, -0.1) is 0 Å². The van der Waals surface area contributed by atoms with Crippen molar-refractivity contribution < 1.29 is 14.0 Å². The molecule has 0 aliphatic heterocycles. The number of hydrogen-bond acceptors (Lipinski definition) is 4. The maximum atomic E-state index is 5.14. The topological polar surface area (TPSA) is 43.6 Å². The van der Waals surface area contributed by atoms with Gasteiger partial charge in [0.1, 0.15) is 0 Å². The summed E-state index contributed by atoms with van der Waals surface area (Å²) < 4.78 is 9.77. The van der Waals surface area contributed by atoms with Crippen LogP contribution in [0.15, 0.2) is 23.0 Å². The summed E-state index contributed by atoms with van der Waals surface area (Å²) in [5.74, 6) is 0. The molecule has 1 N–H and O–H groups in total. The summed E-state index contributed by atoms with van der Waals surface area (Å²) in [5.41, 5.74) is 3.95. The predicted octanol–water partition coefficient (Wildman–Crippen LogP) is 1.51. The number of hydroxylamine groups is 1. The van der Waals surface area contributed by atoms with Crippen molar-refractivity contribution in [3.8, 4) is 0 Å². The van der Waals surface area contributed by atoms with Crippen LogP contribution in [0.3, 0.4) is 0 Å². The van der Waals surface area contributed by atoms with Crippen LogP contribution in [0.5, 0.6) is 0 Å². The third kappa shape index (κ3) is 3.59. The van der Waals surface area contributed by atoms with Crippen LogP contribution in [-0.4, -0.2) is 20.3 Å². The van der Waals surface area contributed by atoms with Gasteiger partial charge < -0.3 is 9.15 Å². The van der Waals surface area contributed by atoms with Crippen LogP contribution >= 0.6 is 0 Å². The first kappa shape index (κ1) is 10.2. The lowest BCUT2D eigenvalue weighted by atomic mass is 10.2. The molecule has 1 rings (SSSR count). The number of nitrogens with one attached hydrogen (secondary N) is 1. The Balaban J connectivity index is 2.15. The fraction of sp³-hybridized carbons (Fsp3) is 0.556. The molecule has 0 amide bonds. The molecule has 13 heavy (non-hydrogen) atoms. The van der Waals surface area contributed by atoms with Crippen molar-refractivity contribution in [1.29, 1.82) is 0 Å². The van der Waals surface area contributed by atoms with Gasteiger partial charge in [0.05, 0.1) is 31.8 Å². The molecule has 0 saturated heterocycles. The molecule has 0 aliphatic carbocycles. The van der Waals surface area contributed by atoms with Gasteiger partial charge in [-0.3, -0.25) is 4.84 Å². The zero-order valence-electron chi connectivity index (χ0n) is 7.95. The van der Waals surface area contributed by atoms with Crippen LogP contribution in [0.2, 0.25) is 0 Å². The van der Waals surface area contributed by atoms with E-state index in [-0.39, 0.29) is 6.04 Å². The molecule has 0 aliphatic rings. The van der Waals surface area contributed by atoms with Crippen molar-refractivity contribution in [2.75, 3.05) is 20.3 Å². The van der Waals surface area contributed by atoms with E-state index in [1.165, 1.54) is 0 Å². The van der Waals surface area contributed by atoms with Crippen LogP contribution in [0, 0.1) is 0 Å². The van der Waals surface area contributed by atoms with E-state index >= 15 is 0 Å². The minimum atomic E-state index is 0.135. The third-order valence-electron chi connectivity index (χ3n) is 1.69. The van der Waals surface area contributed by atoms with Gasteiger partial charge in [-0.1, -0.05) is 0 Å². The van der Waals surface area contributed by atoms with Crippen molar-refractivity contribution in [2.24, 2.45) is 0 Å². The second-order valence-electron chi connectivity index (χ2n) is 2.74. The molecule has 0 saturated carbocycles. The summed E-state index contributed by atoms with van der Waals surface area (Å²) in [5, 5.41) is 0. The molecule has 4 heteroatoms. The van der Waals surface area contributed by atoms with E-state index in [0.29, 0.717) is 13.2 Å². The zero-order chi connectivity index (χ0) is 9.52. The molecular formula is C9H15NO3. The van der Waals surface area contributed by atoms with E-state index in [4.69, 9.17) is 14.0 Å². The van der Waals surface area contributed by atoms with Crippen molar-refractivity contribution in [3.05, 3.63) is 24.2 Å². The van der Waals surface area contributed by atoms with Gasteiger partial charge in [0.15, 0.2) is 0 Å². The van der Waals surface area contributed by atoms with E-state index < -0.39 is 0 Å². The minimum absolute atomic E-state index is 0.135. The van der Waals surface area contributed by atoms with Crippen LogP contribution in [-0.2, 0) is 9.57 Å². The zero-order valence-corrected chi connectivity index (χ0v) is 7.95. The molecule has 1 aromatic heterocycles. The van der Waals surface area contributed by atoms with Gasteiger partial charge >= 0.3 is 0 Å². The smallest absolute Gasteiger partial charge is 0.0951 e. The molecule has 0 aromatic carbocycles. The highest BCUT2D eigenvalue weighted by Crippen LogP contribution is 2.11. The average Bonchev–Trinajstić information content (AvgIpc) is 2.65. The van der Waals surface area contributed by atoms with Crippen LogP contribution in [0.25, 0.3) is 0 Å². The Kier molecular flexibility index (Phi) is 4.53. The molecule has 0 radical (unpaired) electrons. The number of hydrogen-bond donors (Lipinski definition) is 1. The molecule has 0 fully saturated rings. The van der Waals surface area contributed by atoms with Crippen molar-refractivity contribution >= 4 is 0 Å². The fourth-order valence-corrected chi connectivity index (χ4v) is 0.898. The summed E-state index contributed by atoms with van der Waals surface area (Å²) in [4.78, 5) is 5.14. The van der Waals surface area contributed by atoms with Crippen LogP contribution < -0.4 is 5.48 Å². The monoisotopic (exact) mass is 185 g/mol. The van der Waals surface area contributed by atoms with E-state index in [1.807, 2.05) is 13.0 Å². The van der Waals surface area contributed by atoms with Gasteiger partial charge in [-0.05, 0) is 13.0 Å². The number of rotatable bonds is 6. The maximum Gasteiger partial charge on any atom is 0.0951 e. The van der Waals surface area contributed by atoms with Gasteiger partial charge in [-0.2, -0.15) is 5.48 Å². The summed E-state index contributed by atoms with van der Waals surface area (Å²) in [6.07, 6.45) is 3.33. The van der Waals surface area contributed by atoms with Crippen molar-refractivity contribution in [1.82, 2.24) is 5.48 Å². The molecule has 0 bridgehead atoms. The highest BCUT2D eigenvalue weighted by Gasteiger charge is 2.04. The van der Waals surface area contributed by atoms with E-state index in [2.05, 4.69) is 5.48 Å². The number of methoxy groups -OCH3 is 1. The van der Waals surface area contributed by atoms with Gasteiger partial charge in [-0.25, -0.2) is 0 Å². The summed E-state index contributed by atoms with van der Waals surface area (Å²) in [6.45, 7) is 3.13. The molecule has 1 unspecified atom stereocenters. The molecule has 4 nitrogen and oxygen atoms in total. The van der Waals surface area contributed by atoms with E-state index in [9.17, 15) is 0 Å². The summed E-state index contributed by atoms with van der Waals surface area (Å²) in [6, 6.07) is 2.03. The lowest BCUT2D eigenvalue weighted by molar-refractivity contribution is -0.00933. The molecular weight excluding hydrogens is 170 g/mol. The van der Waals surface area contributed by atoms with Gasteiger partial charge in [0, 0.05) is 12.7 Å². The second-order valence-corrected chi connectivity index (χ2v) is 2.74. The summed E-state index contributed by atoms with van der Waals surface area (Å²) in [7, 11) is 1.64. The average molecular weight is 185 g/mol. The fourth-order valence-electron chi connectivity index (χ4n) is 0.898. The Morgan fingerprint density at radius 2 is 2.38 bits per heavy atom. The highest BCUT2D eigenvalue weighted by molar-refractivity contribution is 5.09. The largest absolute Gasteiger partial charge is 0.472 e. The molecule has 1 atom stereocenters. The van der Waals surface area contributed by atoms with Crippen LogP contribution in [0.4, 0.5) is 0 Å². The first-order valence-corrected chi connectivity index (χ1v) is 4.23. The normalized spacial score (nSPS) is 13.1. The molecule has 1 heterocycles. The highest BCUT2D eigenvalue weighted by atomic mass is 16.7. The maximum absolute atomic E-state index is 5.14. The Morgan fingerprint density at radius 3 is 3.00 bits per heavy atom. The first-order chi connectivity index (χ1) is 6.34.